The molecule has 0 aromatic heterocycles. The molecule has 0 aromatic carbocycles. The summed E-state index contributed by atoms with van der Waals surface area (Å²) in [5, 5.41) is 0. The second kappa shape index (κ2) is 7.62. The number of hydrogen-bond donors (Lipinski definition) is 1. The van der Waals surface area contributed by atoms with Gasteiger partial charge >= 0.3 is 5.97 Å². The molecule has 1 saturated carbocycles. The lowest BCUT2D eigenvalue weighted by molar-refractivity contribution is -0.155. The number of amides is 1. The van der Waals surface area contributed by atoms with Crippen LogP contribution in [0.4, 0.5) is 0 Å². The Morgan fingerprint density at radius 1 is 1.30 bits per heavy atom. The molecule has 20 heavy (non-hydrogen) atoms. The summed E-state index contributed by atoms with van der Waals surface area (Å²) in [5.74, 6) is 0.0814. The van der Waals surface area contributed by atoms with Gasteiger partial charge in [0.25, 0.3) is 0 Å². The van der Waals surface area contributed by atoms with Crippen LogP contribution in [0.1, 0.15) is 46.0 Å². The number of ether oxygens (including phenoxy) is 1. The van der Waals surface area contributed by atoms with Gasteiger partial charge in [-0.25, -0.2) is 0 Å². The maximum absolute atomic E-state index is 12.7. The van der Waals surface area contributed by atoms with Gasteiger partial charge in [-0.15, -0.1) is 0 Å². The van der Waals surface area contributed by atoms with E-state index in [1.165, 1.54) is 7.11 Å². The van der Waals surface area contributed by atoms with Crippen LogP contribution in [0, 0.1) is 11.3 Å². The lowest BCUT2D eigenvalue weighted by Gasteiger charge is -2.43. The first-order chi connectivity index (χ1) is 9.52. The van der Waals surface area contributed by atoms with Gasteiger partial charge in [0, 0.05) is 13.1 Å². The molecule has 2 N–H and O–H groups in total. The van der Waals surface area contributed by atoms with E-state index < -0.39 is 5.41 Å². The number of nitrogens with two attached hydrogens (primary N) is 1. The maximum atomic E-state index is 12.7. The number of methoxy groups -OCH3 is 1. The Kier molecular flexibility index (Phi) is 6.46. The fraction of sp³-hybridized carbons (Fsp3) is 0.867. The smallest absolute Gasteiger partial charge is 0.325 e. The Balaban J connectivity index is 2.80. The molecule has 0 spiro atoms. The molecule has 0 aliphatic heterocycles. The zero-order valence-corrected chi connectivity index (χ0v) is 13.0. The number of carbonyl (C=O) groups excluding carboxylic acids is 2. The molecule has 0 atom stereocenters. The highest BCUT2D eigenvalue weighted by Crippen LogP contribution is 2.41. The van der Waals surface area contributed by atoms with Gasteiger partial charge in [0.1, 0.15) is 6.54 Å². The Bertz CT molecular complexity index is 331. The van der Waals surface area contributed by atoms with Crippen molar-refractivity contribution in [1.29, 1.82) is 0 Å². The van der Waals surface area contributed by atoms with Crippen molar-refractivity contribution in [3.63, 3.8) is 0 Å². The van der Waals surface area contributed by atoms with E-state index in [9.17, 15) is 9.59 Å². The van der Waals surface area contributed by atoms with Crippen molar-refractivity contribution >= 4 is 11.9 Å². The van der Waals surface area contributed by atoms with Gasteiger partial charge < -0.3 is 15.4 Å². The number of rotatable bonds is 8. The Morgan fingerprint density at radius 2 is 1.90 bits per heavy atom. The van der Waals surface area contributed by atoms with E-state index in [4.69, 9.17) is 10.5 Å². The quantitative estimate of drug-likeness (QED) is 0.686. The van der Waals surface area contributed by atoms with Gasteiger partial charge in [-0.1, -0.05) is 33.1 Å². The first kappa shape index (κ1) is 17.0. The summed E-state index contributed by atoms with van der Waals surface area (Å²) in [6.07, 6.45) is 4.71. The molecule has 5 nitrogen and oxygen atoms in total. The average Bonchev–Trinajstić information content (AvgIpc) is 2.42. The predicted octanol–water partition coefficient (Wildman–Crippen LogP) is 1.55. The first-order valence-corrected chi connectivity index (χ1v) is 7.59. The monoisotopic (exact) mass is 284 g/mol. The van der Waals surface area contributed by atoms with Crippen LogP contribution in [0.25, 0.3) is 0 Å². The van der Waals surface area contributed by atoms with E-state index in [0.717, 1.165) is 32.1 Å². The second-order valence-electron chi connectivity index (χ2n) is 5.78. The molecule has 116 valence electrons. The molecule has 0 aromatic rings. The van der Waals surface area contributed by atoms with Gasteiger partial charge in [0.2, 0.25) is 5.91 Å². The van der Waals surface area contributed by atoms with Crippen molar-refractivity contribution in [1.82, 2.24) is 4.90 Å². The molecule has 1 aliphatic carbocycles. The van der Waals surface area contributed by atoms with Crippen LogP contribution in [-0.2, 0) is 14.3 Å². The number of esters is 1. The molecular weight excluding hydrogens is 256 g/mol. The van der Waals surface area contributed by atoms with E-state index in [0.29, 0.717) is 19.0 Å². The molecule has 1 fully saturated rings. The lowest BCUT2D eigenvalue weighted by Crippen LogP contribution is -2.54. The van der Waals surface area contributed by atoms with Crippen LogP contribution in [0.2, 0.25) is 0 Å². The lowest BCUT2D eigenvalue weighted by atomic mass is 9.67. The van der Waals surface area contributed by atoms with Crippen LogP contribution in [-0.4, -0.2) is 43.5 Å². The SMILES string of the molecule is CCC(CC)CN(CC(=O)OC)C(=O)C1(CN)CCC1. The molecular formula is C15H28N2O3. The average molecular weight is 284 g/mol. The highest BCUT2D eigenvalue weighted by Gasteiger charge is 2.45. The van der Waals surface area contributed by atoms with Crippen molar-refractivity contribution in [3.05, 3.63) is 0 Å². The topological polar surface area (TPSA) is 72.6 Å². The predicted molar refractivity (Wildman–Crippen MR) is 78.0 cm³/mol. The van der Waals surface area contributed by atoms with E-state index in [1.54, 1.807) is 4.90 Å². The maximum Gasteiger partial charge on any atom is 0.325 e. The molecule has 1 rings (SSSR count). The summed E-state index contributed by atoms with van der Waals surface area (Å²) in [4.78, 5) is 26.0. The molecule has 1 amide bonds. The molecule has 1 aliphatic rings. The Hall–Kier alpha value is -1.10. The van der Waals surface area contributed by atoms with Crippen LogP contribution >= 0.6 is 0 Å². The van der Waals surface area contributed by atoms with Crippen LogP contribution in [0.5, 0.6) is 0 Å². The van der Waals surface area contributed by atoms with E-state index >= 15 is 0 Å². The standard InChI is InChI=1S/C15H28N2O3/c1-4-12(5-2)9-17(10-13(18)20-3)14(19)15(11-16)7-6-8-15/h12H,4-11,16H2,1-3H3. The van der Waals surface area contributed by atoms with Crippen molar-refractivity contribution in [2.45, 2.75) is 46.0 Å². The Morgan fingerprint density at radius 3 is 2.25 bits per heavy atom. The number of hydrogen-bond acceptors (Lipinski definition) is 4. The van der Waals surface area contributed by atoms with Crippen LogP contribution in [0.15, 0.2) is 0 Å². The zero-order chi connectivity index (χ0) is 15.2. The minimum atomic E-state index is -0.431. The van der Waals surface area contributed by atoms with Gasteiger partial charge in [-0.2, -0.15) is 0 Å². The zero-order valence-electron chi connectivity index (χ0n) is 13.0. The molecule has 0 radical (unpaired) electrons. The normalized spacial score (nSPS) is 16.6. The van der Waals surface area contributed by atoms with Gasteiger partial charge in [-0.3, -0.25) is 9.59 Å². The summed E-state index contributed by atoms with van der Waals surface area (Å²) >= 11 is 0. The summed E-state index contributed by atoms with van der Waals surface area (Å²) in [6.45, 7) is 5.23. The fourth-order valence-electron chi connectivity index (χ4n) is 2.74. The molecule has 0 heterocycles. The van der Waals surface area contributed by atoms with Crippen molar-refractivity contribution < 1.29 is 14.3 Å². The fourth-order valence-corrected chi connectivity index (χ4v) is 2.74. The van der Waals surface area contributed by atoms with Gasteiger partial charge in [0.05, 0.1) is 12.5 Å². The number of carbonyl (C=O) groups is 2. The van der Waals surface area contributed by atoms with Crippen molar-refractivity contribution in [3.8, 4) is 0 Å². The molecule has 0 saturated heterocycles. The van der Waals surface area contributed by atoms with E-state index in [-0.39, 0.29) is 18.4 Å². The summed E-state index contributed by atoms with van der Waals surface area (Å²) in [7, 11) is 1.35. The summed E-state index contributed by atoms with van der Waals surface area (Å²) in [5.41, 5.74) is 5.37. The highest BCUT2D eigenvalue weighted by atomic mass is 16.5. The van der Waals surface area contributed by atoms with Crippen molar-refractivity contribution in [2.75, 3.05) is 26.7 Å². The molecule has 5 heteroatoms. The van der Waals surface area contributed by atoms with E-state index in [1.807, 2.05) is 0 Å². The highest BCUT2D eigenvalue weighted by molar-refractivity contribution is 5.87. The summed E-state index contributed by atoms with van der Waals surface area (Å²) < 4.78 is 4.71. The third-order valence-electron chi connectivity index (χ3n) is 4.62. The number of nitrogens with zero attached hydrogens (tertiary/aromatic N) is 1. The minimum Gasteiger partial charge on any atom is -0.468 e. The van der Waals surface area contributed by atoms with E-state index in [2.05, 4.69) is 13.8 Å². The van der Waals surface area contributed by atoms with Crippen LogP contribution in [0.3, 0.4) is 0 Å². The van der Waals surface area contributed by atoms with Crippen LogP contribution < -0.4 is 5.73 Å². The largest absolute Gasteiger partial charge is 0.468 e. The minimum absolute atomic E-state index is 0.0311. The second-order valence-corrected chi connectivity index (χ2v) is 5.78. The Labute approximate surface area is 121 Å². The third-order valence-corrected chi connectivity index (χ3v) is 4.62. The van der Waals surface area contributed by atoms with Gasteiger partial charge in [-0.05, 0) is 18.8 Å². The first-order valence-electron chi connectivity index (χ1n) is 7.59. The molecule has 0 bridgehead atoms. The van der Waals surface area contributed by atoms with Gasteiger partial charge in [0.15, 0.2) is 0 Å². The summed E-state index contributed by atoms with van der Waals surface area (Å²) in [6, 6.07) is 0. The van der Waals surface area contributed by atoms with Crippen molar-refractivity contribution in [2.24, 2.45) is 17.1 Å². The molecule has 0 unspecified atom stereocenters. The third kappa shape index (κ3) is 3.72.